The van der Waals surface area contributed by atoms with Gasteiger partial charge in [0.1, 0.15) is 0 Å². The highest BCUT2D eigenvalue weighted by atomic mass is 16.5. The van der Waals surface area contributed by atoms with Crippen molar-refractivity contribution in [2.45, 2.75) is 18.9 Å². The fourth-order valence-electron chi connectivity index (χ4n) is 1.73. The number of hydrogen-bond acceptors (Lipinski definition) is 6. The minimum Gasteiger partial charge on any atom is -0.467 e. The molecule has 1 saturated carbocycles. The first-order chi connectivity index (χ1) is 9.24. The van der Waals surface area contributed by atoms with E-state index in [-0.39, 0.29) is 0 Å². The topological polar surface area (TPSA) is 86.0 Å². The highest BCUT2D eigenvalue weighted by Crippen LogP contribution is 2.25. The fraction of sp³-hybridized carbons (Fsp3) is 0.308. The van der Waals surface area contributed by atoms with Crippen LogP contribution in [-0.4, -0.2) is 28.1 Å². The van der Waals surface area contributed by atoms with E-state index in [9.17, 15) is 0 Å². The zero-order chi connectivity index (χ0) is 13.2. The van der Waals surface area contributed by atoms with Gasteiger partial charge in [-0.2, -0.15) is 15.0 Å². The molecule has 0 unspecified atom stereocenters. The van der Waals surface area contributed by atoms with Crippen molar-refractivity contribution in [1.29, 1.82) is 0 Å². The summed E-state index contributed by atoms with van der Waals surface area (Å²) in [7, 11) is 1.54. The molecule has 1 aliphatic rings. The molecular weight excluding hydrogens is 242 g/mol. The molecule has 0 atom stereocenters. The van der Waals surface area contributed by atoms with Gasteiger partial charge in [0, 0.05) is 17.3 Å². The Bertz CT molecular complexity index is 597. The molecule has 0 aliphatic heterocycles. The van der Waals surface area contributed by atoms with Crippen LogP contribution >= 0.6 is 0 Å². The van der Waals surface area contributed by atoms with Gasteiger partial charge >= 0.3 is 6.01 Å². The maximum Gasteiger partial charge on any atom is 0.321 e. The second-order valence-corrected chi connectivity index (χ2v) is 4.51. The lowest BCUT2D eigenvalue weighted by atomic mass is 10.2. The monoisotopic (exact) mass is 257 g/mol. The number of methoxy groups -OCH3 is 1. The normalized spacial score (nSPS) is 14.2. The van der Waals surface area contributed by atoms with Gasteiger partial charge in [-0.25, -0.2) is 0 Å². The van der Waals surface area contributed by atoms with Crippen molar-refractivity contribution in [3.63, 3.8) is 0 Å². The van der Waals surface area contributed by atoms with Crippen molar-refractivity contribution in [3.05, 3.63) is 24.3 Å². The van der Waals surface area contributed by atoms with E-state index in [0.29, 0.717) is 29.5 Å². The zero-order valence-electron chi connectivity index (χ0n) is 10.6. The smallest absolute Gasteiger partial charge is 0.321 e. The fourth-order valence-corrected chi connectivity index (χ4v) is 1.73. The second kappa shape index (κ2) is 4.72. The third kappa shape index (κ3) is 2.73. The van der Waals surface area contributed by atoms with Crippen molar-refractivity contribution in [2.24, 2.45) is 0 Å². The minimum atomic E-state index is 0.301. The number of rotatable bonds is 4. The van der Waals surface area contributed by atoms with E-state index < -0.39 is 0 Å². The Labute approximate surface area is 111 Å². The van der Waals surface area contributed by atoms with Crippen LogP contribution in [-0.2, 0) is 0 Å². The summed E-state index contributed by atoms with van der Waals surface area (Å²) in [5.74, 6) is 1.11. The number of benzene rings is 1. The zero-order valence-corrected chi connectivity index (χ0v) is 10.6. The van der Waals surface area contributed by atoms with Gasteiger partial charge in [-0.05, 0) is 25.0 Å². The van der Waals surface area contributed by atoms with Crippen molar-refractivity contribution >= 4 is 11.6 Å². The van der Waals surface area contributed by atoms with Crippen molar-refractivity contribution in [1.82, 2.24) is 15.0 Å². The Morgan fingerprint density at radius 2 is 2.11 bits per heavy atom. The first-order valence-corrected chi connectivity index (χ1v) is 6.17. The van der Waals surface area contributed by atoms with Gasteiger partial charge in [0.2, 0.25) is 5.95 Å². The Hall–Kier alpha value is -2.37. The van der Waals surface area contributed by atoms with Crippen LogP contribution in [0.25, 0.3) is 11.4 Å². The number of ether oxygens (including phenoxy) is 1. The average molecular weight is 257 g/mol. The molecule has 19 heavy (non-hydrogen) atoms. The number of anilines is 2. The molecule has 1 aromatic carbocycles. The molecule has 0 spiro atoms. The summed E-state index contributed by atoms with van der Waals surface area (Å²) in [6.45, 7) is 0. The maximum absolute atomic E-state index is 5.78. The van der Waals surface area contributed by atoms with Gasteiger partial charge in [-0.3, -0.25) is 0 Å². The molecule has 6 nitrogen and oxygen atoms in total. The van der Waals surface area contributed by atoms with Crippen LogP contribution in [0.15, 0.2) is 24.3 Å². The van der Waals surface area contributed by atoms with Gasteiger partial charge in [0.25, 0.3) is 0 Å². The Morgan fingerprint density at radius 1 is 1.26 bits per heavy atom. The van der Waals surface area contributed by atoms with Crippen LogP contribution in [0.4, 0.5) is 11.6 Å². The minimum absolute atomic E-state index is 0.301. The standard InChI is InChI=1S/C13H15N5O/c1-19-13-17-11(8-3-2-4-9(14)7-8)16-12(18-13)15-10-5-6-10/h2-4,7,10H,5-6,14H2,1H3,(H,15,16,17,18). The van der Waals surface area contributed by atoms with E-state index >= 15 is 0 Å². The van der Waals surface area contributed by atoms with E-state index in [2.05, 4.69) is 20.3 Å². The van der Waals surface area contributed by atoms with Crippen molar-refractivity contribution in [2.75, 3.05) is 18.2 Å². The van der Waals surface area contributed by atoms with Gasteiger partial charge in [0.15, 0.2) is 5.82 Å². The number of nitrogens with one attached hydrogen (secondary N) is 1. The third-order valence-corrected chi connectivity index (χ3v) is 2.85. The molecule has 1 aromatic heterocycles. The molecule has 0 bridgehead atoms. The van der Waals surface area contributed by atoms with Crippen LogP contribution in [0.1, 0.15) is 12.8 Å². The van der Waals surface area contributed by atoms with Crippen LogP contribution in [0.3, 0.4) is 0 Å². The molecule has 98 valence electrons. The van der Waals surface area contributed by atoms with Crippen LogP contribution in [0.2, 0.25) is 0 Å². The maximum atomic E-state index is 5.78. The third-order valence-electron chi connectivity index (χ3n) is 2.85. The SMILES string of the molecule is COc1nc(NC2CC2)nc(-c2cccc(N)c2)n1. The number of nitrogens with zero attached hydrogens (tertiary/aromatic N) is 3. The van der Waals surface area contributed by atoms with Crippen molar-refractivity contribution < 1.29 is 4.74 Å². The first-order valence-electron chi connectivity index (χ1n) is 6.17. The van der Waals surface area contributed by atoms with E-state index in [1.807, 2.05) is 24.3 Å². The molecule has 3 rings (SSSR count). The second-order valence-electron chi connectivity index (χ2n) is 4.51. The summed E-state index contributed by atoms with van der Waals surface area (Å²) in [6.07, 6.45) is 2.31. The van der Waals surface area contributed by atoms with Crippen LogP contribution < -0.4 is 15.8 Å². The van der Waals surface area contributed by atoms with Gasteiger partial charge < -0.3 is 15.8 Å². The Morgan fingerprint density at radius 3 is 2.79 bits per heavy atom. The van der Waals surface area contributed by atoms with E-state index in [4.69, 9.17) is 10.5 Å². The molecule has 6 heteroatoms. The summed E-state index contributed by atoms with van der Waals surface area (Å²) < 4.78 is 5.12. The summed E-state index contributed by atoms with van der Waals surface area (Å²) in [5.41, 5.74) is 7.30. The predicted molar refractivity (Wildman–Crippen MR) is 72.9 cm³/mol. The predicted octanol–water partition coefficient (Wildman–Crippen LogP) is 1.70. The number of hydrogen-bond donors (Lipinski definition) is 2. The van der Waals surface area contributed by atoms with E-state index in [0.717, 1.165) is 18.4 Å². The molecule has 0 radical (unpaired) electrons. The molecular formula is C13H15N5O. The van der Waals surface area contributed by atoms with Gasteiger partial charge in [-0.15, -0.1) is 0 Å². The number of nitrogen functional groups attached to an aromatic ring is 1. The van der Waals surface area contributed by atoms with Crippen LogP contribution in [0.5, 0.6) is 6.01 Å². The van der Waals surface area contributed by atoms with Crippen molar-refractivity contribution in [3.8, 4) is 17.4 Å². The van der Waals surface area contributed by atoms with Gasteiger partial charge in [-0.1, -0.05) is 12.1 Å². The number of nitrogens with two attached hydrogens (primary N) is 1. The highest BCUT2D eigenvalue weighted by molar-refractivity contribution is 5.62. The largest absolute Gasteiger partial charge is 0.467 e. The lowest BCUT2D eigenvalue weighted by molar-refractivity contribution is 0.379. The average Bonchev–Trinajstić information content (AvgIpc) is 3.22. The quantitative estimate of drug-likeness (QED) is 0.811. The molecule has 1 heterocycles. The molecule has 3 N–H and O–H groups in total. The summed E-state index contributed by atoms with van der Waals surface area (Å²) in [5, 5.41) is 3.24. The lowest BCUT2D eigenvalue weighted by Gasteiger charge is -2.07. The Balaban J connectivity index is 1.98. The molecule has 0 saturated heterocycles. The molecule has 0 amide bonds. The summed E-state index contributed by atoms with van der Waals surface area (Å²) in [6, 6.07) is 8.21. The summed E-state index contributed by atoms with van der Waals surface area (Å²) in [4.78, 5) is 12.8. The molecule has 1 fully saturated rings. The first kappa shape index (κ1) is 11.7. The van der Waals surface area contributed by atoms with Crippen LogP contribution in [0, 0.1) is 0 Å². The van der Waals surface area contributed by atoms with Gasteiger partial charge in [0.05, 0.1) is 7.11 Å². The molecule has 2 aromatic rings. The Kier molecular flexibility index (Phi) is 2.91. The highest BCUT2D eigenvalue weighted by Gasteiger charge is 2.22. The lowest BCUT2D eigenvalue weighted by Crippen LogP contribution is -2.08. The van der Waals surface area contributed by atoms with E-state index in [1.54, 1.807) is 7.11 Å². The number of aromatic nitrogens is 3. The molecule has 1 aliphatic carbocycles. The summed E-state index contributed by atoms with van der Waals surface area (Å²) >= 11 is 0. The van der Waals surface area contributed by atoms with E-state index in [1.165, 1.54) is 0 Å².